The molecule has 0 saturated heterocycles. The third-order valence-corrected chi connectivity index (χ3v) is 6.91. The number of aromatic nitrogens is 4. The second-order valence-corrected chi connectivity index (χ2v) is 10.9. The molecule has 0 radical (unpaired) electrons. The number of tetrazole rings is 1. The first-order chi connectivity index (χ1) is 18.3. The van der Waals surface area contributed by atoms with E-state index in [0.717, 1.165) is 35.1 Å². The van der Waals surface area contributed by atoms with Gasteiger partial charge in [0, 0.05) is 43.3 Å². The molecule has 9 heteroatoms. The Morgan fingerprint density at radius 3 is 2.32 bits per heavy atom. The maximum atomic E-state index is 13.1. The average Bonchev–Trinajstić information content (AvgIpc) is 3.45. The third kappa shape index (κ3) is 8.68. The lowest BCUT2D eigenvalue weighted by Gasteiger charge is -2.24. The van der Waals surface area contributed by atoms with Crippen molar-refractivity contribution in [2.24, 2.45) is 17.8 Å². The van der Waals surface area contributed by atoms with Crippen molar-refractivity contribution in [1.82, 2.24) is 30.8 Å². The number of nitrogens with zero attached hydrogens (tertiary/aromatic N) is 4. The first kappa shape index (κ1) is 29.4. The molecule has 0 saturated carbocycles. The fraction of sp³-hybridized carbons (Fsp3) is 0.483. The van der Waals surface area contributed by atoms with Gasteiger partial charge in [0.05, 0.1) is 0 Å². The molecule has 0 bridgehead atoms. The number of nitrogens with one attached hydrogen (secondary N) is 2. The number of amides is 2. The molecule has 8 nitrogen and oxygen atoms in total. The highest BCUT2D eigenvalue weighted by atomic mass is 32.1. The summed E-state index contributed by atoms with van der Waals surface area (Å²) in [5.41, 5.74) is 3.96. The summed E-state index contributed by atoms with van der Waals surface area (Å²) in [5.74, 6) is 1.93. The number of benzene rings is 2. The highest BCUT2D eigenvalue weighted by Crippen LogP contribution is 2.30. The van der Waals surface area contributed by atoms with Crippen LogP contribution in [0.5, 0.6) is 0 Å². The Labute approximate surface area is 231 Å². The van der Waals surface area contributed by atoms with Crippen molar-refractivity contribution < 1.29 is 9.59 Å². The molecule has 0 fully saturated rings. The van der Waals surface area contributed by atoms with E-state index in [2.05, 4.69) is 78.4 Å². The van der Waals surface area contributed by atoms with Crippen LogP contribution >= 0.6 is 12.6 Å². The number of rotatable bonds is 14. The number of carbonyl (C=O) groups is 2. The van der Waals surface area contributed by atoms with Crippen molar-refractivity contribution in [3.05, 3.63) is 54.1 Å². The Morgan fingerprint density at radius 1 is 1.00 bits per heavy atom. The predicted octanol–water partition coefficient (Wildman–Crippen LogP) is 5.01. The molecule has 1 unspecified atom stereocenters. The van der Waals surface area contributed by atoms with E-state index in [9.17, 15) is 9.59 Å². The molecule has 3 rings (SSSR count). The number of H-pyrrole nitrogens is 1. The summed E-state index contributed by atoms with van der Waals surface area (Å²) >= 11 is 4.36. The van der Waals surface area contributed by atoms with E-state index in [-0.39, 0.29) is 17.7 Å². The van der Waals surface area contributed by atoms with E-state index in [1.54, 1.807) is 0 Å². The molecule has 0 spiro atoms. The number of thiol groups is 1. The van der Waals surface area contributed by atoms with Crippen molar-refractivity contribution >= 4 is 24.4 Å². The summed E-state index contributed by atoms with van der Waals surface area (Å²) in [6.45, 7) is 9.82. The molecular formula is C29H40N6O2S. The monoisotopic (exact) mass is 536 g/mol. The SMILES string of the molecule is CC(C)CCC(=O)N(CCNC(=O)C(CS)CC(C)C)Cc1ccc(-c2ccccc2-c2nn[nH]n2)cc1. The van der Waals surface area contributed by atoms with Crippen LogP contribution in [0.15, 0.2) is 48.5 Å². The molecule has 2 aromatic carbocycles. The summed E-state index contributed by atoms with van der Waals surface area (Å²) in [6, 6.07) is 16.1. The van der Waals surface area contributed by atoms with Crippen molar-refractivity contribution in [3.8, 4) is 22.5 Å². The molecular weight excluding hydrogens is 496 g/mol. The van der Waals surface area contributed by atoms with Gasteiger partial charge in [0.1, 0.15) is 0 Å². The standard InChI is InChI=1S/C29H40N6O2S/c1-20(2)9-14-27(36)35(16-15-30-29(37)24(19-38)17-21(3)4)18-22-10-12-23(13-11-22)25-7-5-6-8-26(25)28-31-33-34-32-28/h5-8,10-13,20-21,24,38H,9,14-19H2,1-4H3,(H,30,37)(H,31,32,33,34). The molecule has 1 heterocycles. The van der Waals surface area contributed by atoms with E-state index in [0.29, 0.717) is 49.5 Å². The number of hydrogen-bond donors (Lipinski definition) is 3. The molecule has 1 atom stereocenters. The Morgan fingerprint density at radius 2 is 1.71 bits per heavy atom. The molecule has 204 valence electrons. The van der Waals surface area contributed by atoms with Crippen LogP contribution in [0.1, 0.15) is 52.5 Å². The molecule has 2 N–H and O–H groups in total. The van der Waals surface area contributed by atoms with Gasteiger partial charge in [-0.1, -0.05) is 76.2 Å². The second kappa shape index (κ2) is 14.7. The molecule has 2 amide bonds. The second-order valence-electron chi connectivity index (χ2n) is 10.5. The lowest BCUT2D eigenvalue weighted by Crippen LogP contribution is -2.40. The molecule has 3 aromatic rings. The van der Waals surface area contributed by atoms with Crippen molar-refractivity contribution in [1.29, 1.82) is 0 Å². The quantitative estimate of drug-likeness (QED) is 0.251. The zero-order valence-electron chi connectivity index (χ0n) is 22.9. The maximum Gasteiger partial charge on any atom is 0.224 e. The van der Waals surface area contributed by atoms with Crippen LogP contribution in [0.2, 0.25) is 0 Å². The highest BCUT2D eigenvalue weighted by molar-refractivity contribution is 7.80. The van der Waals surface area contributed by atoms with Gasteiger partial charge in [-0.05, 0) is 46.6 Å². The average molecular weight is 537 g/mol. The van der Waals surface area contributed by atoms with Gasteiger partial charge in [-0.25, -0.2) is 0 Å². The molecule has 38 heavy (non-hydrogen) atoms. The van der Waals surface area contributed by atoms with Gasteiger partial charge < -0.3 is 10.2 Å². The number of carbonyl (C=O) groups excluding carboxylic acids is 2. The number of hydrogen-bond acceptors (Lipinski definition) is 6. The van der Waals surface area contributed by atoms with Gasteiger partial charge in [-0.15, -0.1) is 10.2 Å². The molecule has 1 aromatic heterocycles. The van der Waals surface area contributed by atoms with Crippen LogP contribution in [0.3, 0.4) is 0 Å². The minimum Gasteiger partial charge on any atom is -0.354 e. The first-order valence-corrected chi connectivity index (χ1v) is 14.0. The summed E-state index contributed by atoms with van der Waals surface area (Å²) in [7, 11) is 0. The van der Waals surface area contributed by atoms with E-state index in [4.69, 9.17) is 0 Å². The molecule has 0 aliphatic rings. The van der Waals surface area contributed by atoms with E-state index >= 15 is 0 Å². The van der Waals surface area contributed by atoms with Gasteiger partial charge >= 0.3 is 0 Å². The topological polar surface area (TPSA) is 104 Å². The highest BCUT2D eigenvalue weighted by Gasteiger charge is 2.20. The Bertz CT molecular complexity index is 1150. The Balaban J connectivity index is 1.69. The van der Waals surface area contributed by atoms with E-state index < -0.39 is 0 Å². The van der Waals surface area contributed by atoms with Crippen LogP contribution < -0.4 is 5.32 Å². The smallest absolute Gasteiger partial charge is 0.224 e. The Kier molecular flexibility index (Phi) is 11.3. The normalized spacial score (nSPS) is 12.1. The van der Waals surface area contributed by atoms with Gasteiger partial charge in [0.2, 0.25) is 17.6 Å². The lowest BCUT2D eigenvalue weighted by molar-refractivity contribution is -0.132. The minimum atomic E-state index is -0.119. The van der Waals surface area contributed by atoms with Gasteiger partial charge in [0.25, 0.3) is 0 Å². The summed E-state index contributed by atoms with van der Waals surface area (Å²) in [4.78, 5) is 27.6. The van der Waals surface area contributed by atoms with Crippen molar-refractivity contribution in [3.63, 3.8) is 0 Å². The van der Waals surface area contributed by atoms with Crippen molar-refractivity contribution in [2.45, 2.75) is 53.5 Å². The lowest BCUT2D eigenvalue weighted by atomic mass is 9.98. The van der Waals surface area contributed by atoms with Crippen LogP contribution in [0, 0.1) is 17.8 Å². The largest absolute Gasteiger partial charge is 0.354 e. The molecule has 0 aliphatic heterocycles. The fourth-order valence-electron chi connectivity index (χ4n) is 4.37. The van der Waals surface area contributed by atoms with Gasteiger partial charge in [-0.3, -0.25) is 9.59 Å². The zero-order chi connectivity index (χ0) is 27.5. The first-order valence-electron chi connectivity index (χ1n) is 13.4. The van der Waals surface area contributed by atoms with E-state index in [1.165, 1.54) is 0 Å². The third-order valence-electron chi connectivity index (χ3n) is 6.47. The van der Waals surface area contributed by atoms with E-state index in [1.807, 2.05) is 41.3 Å². The van der Waals surface area contributed by atoms with Crippen LogP contribution in [-0.2, 0) is 16.1 Å². The van der Waals surface area contributed by atoms with Crippen molar-refractivity contribution in [2.75, 3.05) is 18.8 Å². The predicted molar refractivity (Wildman–Crippen MR) is 154 cm³/mol. The summed E-state index contributed by atoms with van der Waals surface area (Å²) < 4.78 is 0. The van der Waals surface area contributed by atoms with Gasteiger partial charge in [0.15, 0.2) is 0 Å². The fourth-order valence-corrected chi connectivity index (χ4v) is 4.68. The van der Waals surface area contributed by atoms with Crippen LogP contribution in [0.25, 0.3) is 22.5 Å². The Hall–Kier alpha value is -3.20. The minimum absolute atomic E-state index is 0.00731. The molecule has 0 aliphatic carbocycles. The zero-order valence-corrected chi connectivity index (χ0v) is 23.7. The number of aromatic amines is 1. The summed E-state index contributed by atoms with van der Waals surface area (Å²) in [6.07, 6.45) is 2.13. The summed E-state index contributed by atoms with van der Waals surface area (Å²) in [5, 5.41) is 17.5. The van der Waals surface area contributed by atoms with Crippen LogP contribution in [0.4, 0.5) is 0 Å². The van der Waals surface area contributed by atoms with Crippen LogP contribution in [-0.4, -0.2) is 56.2 Å². The van der Waals surface area contributed by atoms with Gasteiger partial charge in [-0.2, -0.15) is 17.8 Å². The maximum absolute atomic E-state index is 13.1.